The topological polar surface area (TPSA) is 58.6 Å². The maximum absolute atomic E-state index is 11.8. The molecule has 1 rings (SSSR count). The van der Waals surface area contributed by atoms with Crippen molar-refractivity contribution in [2.75, 3.05) is 20.4 Å². The zero-order valence-corrected chi connectivity index (χ0v) is 13.0. The second-order valence-corrected chi connectivity index (χ2v) is 5.30. The van der Waals surface area contributed by atoms with Gasteiger partial charge < -0.3 is 4.74 Å². The van der Waals surface area contributed by atoms with Gasteiger partial charge in [-0.15, -0.1) is 11.8 Å². The third kappa shape index (κ3) is 4.86. The standard InChI is InChI=1S/C14H20N2O3S/c1-10(13(17)15-14(18)19-3)16(2)9-11-5-7-12(20-4)8-6-11/h5-8,10H,9H2,1-4H3,(H,15,17,18)/t10-/m0/s1. The van der Waals surface area contributed by atoms with Crippen molar-refractivity contribution in [1.82, 2.24) is 10.2 Å². The lowest BCUT2D eigenvalue weighted by molar-refractivity contribution is -0.124. The van der Waals surface area contributed by atoms with E-state index in [2.05, 4.69) is 10.1 Å². The molecule has 1 atom stereocenters. The summed E-state index contributed by atoms with van der Waals surface area (Å²) in [6.07, 6.45) is 1.29. The molecule has 2 amide bonds. The molecule has 6 heteroatoms. The van der Waals surface area contributed by atoms with Gasteiger partial charge in [-0.3, -0.25) is 15.0 Å². The Morgan fingerprint density at radius 1 is 1.35 bits per heavy atom. The number of amides is 2. The number of nitrogens with one attached hydrogen (secondary N) is 1. The predicted molar refractivity (Wildman–Crippen MR) is 79.7 cm³/mol. The van der Waals surface area contributed by atoms with Crippen molar-refractivity contribution in [1.29, 1.82) is 0 Å². The Bertz CT molecular complexity index is 462. The van der Waals surface area contributed by atoms with E-state index in [9.17, 15) is 9.59 Å². The van der Waals surface area contributed by atoms with Crippen molar-refractivity contribution in [3.05, 3.63) is 29.8 Å². The molecule has 0 aliphatic heterocycles. The lowest BCUT2D eigenvalue weighted by Crippen LogP contribution is -2.45. The molecule has 1 N–H and O–H groups in total. The quantitative estimate of drug-likeness (QED) is 0.843. The van der Waals surface area contributed by atoms with Gasteiger partial charge in [0, 0.05) is 11.4 Å². The highest BCUT2D eigenvalue weighted by Gasteiger charge is 2.20. The smallest absolute Gasteiger partial charge is 0.413 e. The van der Waals surface area contributed by atoms with E-state index in [-0.39, 0.29) is 5.91 Å². The largest absolute Gasteiger partial charge is 0.453 e. The van der Waals surface area contributed by atoms with Crippen LogP contribution in [0, 0.1) is 0 Å². The van der Waals surface area contributed by atoms with E-state index in [1.807, 2.05) is 42.5 Å². The molecule has 20 heavy (non-hydrogen) atoms. The van der Waals surface area contributed by atoms with Crippen LogP contribution in [0.1, 0.15) is 12.5 Å². The molecule has 1 aromatic rings. The zero-order chi connectivity index (χ0) is 15.1. The molecule has 110 valence electrons. The van der Waals surface area contributed by atoms with Gasteiger partial charge in [-0.2, -0.15) is 0 Å². The number of hydrogen-bond acceptors (Lipinski definition) is 5. The van der Waals surface area contributed by atoms with Crippen LogP contribution in [0.15, 0.2) is 29.2 Å². The first-order valence-electron chi connectivity index (χ1n) is 6.20. The Balaban J connectivity index is 2.57. The molecule has 1 aromatic carbocycles. The average Bonchev–Trinajstić information content (AvgIpc) is 2.46. The lowest BCUT2D eigenvalue weighted by Gasteiger charge is -2.23. The van der Waals surface area contributed by atoms with Crippen LogP contribution in [0.2, 0.25) is 0 Å². The number of ether oxygens (including phenoxy) is 1. The van der Waals surface area contributed by atoms with Gasteiger partial charge in [0.15, 0.2) is 0 Å². The number of hydrogen-bond donors (Lipinski definition) is 1. The lowest BCUT2D eigenvalue weighted by atomic mass is 10.2. The summed E-state index contributed by atoms with van der Waals surface area (Å²) in [6, 6.07) is 7.75. The number of carbonyl (C=O) groups excluding carboxylic acids is 2. The van der Waals surface area contributed by atoms with Gasteiger partial charge in [-0.1, -0.05) is 12.1 Å². The highest BCUT2D eigenvalue weighted by molar-refractivity contribution is 7.98. The Labute approximate surface area is 123 Å². The summed E-state index contributed by atoms with van der Waals surface area (Å²) in [5.41, 5.74) is 1.11. The zero-order valence-electron chi connectivity index (χ0n) is 12.2. The van der Waals surface area contributed by atoms with Crippen LogP contribution in [0.4, 0.5) is 4.79 Å². The summed E-state index contributed by atoms with van der Waals surface area (Å²) < 4.78 is 4.40. The van der Waals surface area contributed by atoms with Crippen LogP contribution in [-0.4, -0.2) is 43.4 Å². The molecule has 0 heterocycles. The number of benzene rings is 1. The first-order valence-corrected chi connectivity index (χ1v) is 7.42. The van der Waals surface area contributed by atoms with Crippen LogP contribution < -0.4 is 5.32 Å². The fourth-order valence-electron chi connectivity index (χ4n) is 1.61. The van der Waals surface area contributed by atoms with Crippen LogP contribution in [-0.2, 0) is 16.1 Å². The summed E-state index contributed by atoms with van der Waals surface area (Å²) in [4.78, 5) is 25.9. The van der Waals surface area contributed by atoms with Crippen molar-refractivity contribution < 1.29 is 14.3 Å². The Hall–Kier alpha value is -1.53. The van der Waals surface area contributed by atoms with Crippen LogP contribution >= 0.6 is 11.8 Å². The minimum atomic E-state index is -0.737. The van der Waals surface area contributed by atoms with Crippen LogP contribution in [0.25, 0.3) is 0 Å². The van der Waals surface area contributed by atoms with Gasteiger partial charge >= 0.3 is 6.09 Å². The second kappa shape index (κ2) is 7.91. The molecular weight excluding hydrogens is 276 g/mol. The summed E-state index contributed by atoms with van der Waals surface area (Å²) in [5.74, 6) is -0.375. The van der Waals surface area contributed by atoms with Gasteiger partial charge in [-0.05, 0) is 37.9 Å². The number of likely N-dealkylation sites (N-methyl/N-ethyl adjacent to an activating group) is 1. The van der Waals surface area contributed by atoms with E-state index >= 15 is 0 Å². The number of rotatable bonds is 5. The number of methoxy groups -OCH3 is 1. The molecule has 0 fully saturated rings. The number of alkyl carbamates (subject to hydrolysis) is 1. The molecule has 0 bridgehead atoms. The first-order chi connectivity index (χ1) is 9.47. The van der Waals surface area contributed by atoms with Crippen molar-refractivity contribution >= 4 is 23.8 Å². The minimum absolute atomic E-state index is 0.375. The Kier molecular flexibility index (Phi) is 6.54. The number of carbonyl (C=O) groups is 2. The normalized spacial score (nSPS) is 12.1. The number of nitrogens with zero attached hydrogens (tertiary/aromatic N) is 1. The predicted octanol–water partition coefficient (Wildman–Crippen LogP) is 2.11. The molecule has 5 nitrogen and oxygen atoms in total. The summed E-state index contributed by atoms with van der Waals surface area (Å²) >= 11 is 1.69. The maximum Gasteiger partial charge on any atom is 0.413 e. The van der Waals surface area contributed by atoms with Gasteiger partial charge in [0.1, 0.15) is 0 Å². The molecule has 0 spiro atoms. The fraction of sp³-hybridized carbons (Fsp3) is 0.429. The van der Waals surface area contributed by atoms with Crippen molar-refractivity contribution in [2.24, 2.45) is 0 Å². The second-order valence-electron chi connectivity index (χ2n) is 4.42. The molecule has 0 saturated carbocycles. The van der Waals surface area contributed by atoms with Crippen molar-refractivity contribution in [3.63, 3.8) is 0 Å². The van der Waals surface area contributed by atoms with Gasteiger partial charge in [0.25, 0.3) is 0 Å². The van der Waals surface area contributed by atoms with E-state index in [1.54, 1.807) is 18.7 Å². The van der Waals surface area contributed by atoms with Crippen LogP contribution in [0.3, 0.4) is 0 Å². The third-order valence-corrected chi connectivity index (χ3v) is 3.79. The molecule has 0 aromatic heterocycles. The highest BCUT2D eigenvalue weighted by atomic mass is 32.2. The van der Waals surface area contributed by atoms with Gasteiger partial charge in [-0.25, -0.2) is 4.79 Å². The Morgan fingerprint density at radius 3 is 2.45 bits per heavy atom. The Morgan fingerprint density at radius 2 is 1.95 bits per heavy atom. The van der Waals surface area contributed by atoms with E-state index in [0.717, 1.165) is 5.56 Å². The summed E-state index contributed by atoms with van der Waals surface area (Å²) in [6.45, 7) is 2.37. The highest BCUT2D eigenvalue weighted by Crippen LogP contribution is 2.16. The SMILES string of the molecule is COC(=O)NC(=O)[C@H](C)N(C)Cc1ccc(SC)cc1. The minimum Gasteiger partial charge on any atom is -0.453 e. The van der Waals surface area contributed by atoms with Gasteiger partial charge in [0.05, 0.1) is 13.2 Å². The fourth-order valence-corrected chi connectivity index (χ4v) is 2.02. The molecule has 0 aliphatic rings. The van der Waals surface area contributed by atoms with Crippen molar-refractivity contribution in [3.8, 4) is 0 Å². The van der Waals surface area contributed by atoms with E-state index < -0.39 is 12.1 Å². The third-order valence-electron chi connectivity index (χ3n) is 3.04. The van der Waals surface area contributed by atoms with E-state index in [4.69, 9.17) is 0 Å². The molecular formula is C14H20N2O3S. The van der Waals surface area contributed by atoms with E-state index in [0.29, 0.717) is 6.54 Å². The average molecular weight is 296 g/mol. The molecule has 0 aliphatic carbocycles. The monoisotopic (exact) mass is 296 g/mol. The number of imide groups is 1. The first kappa shape index (κ1) is 16.5. The molecule has 0 unspecified atom stereocenters. The maximum atomic E-state index is 11.8. The molecule has 0 saturated heterocycles. The number of thioether (sulfide) groups is 1. The van der Waals surface area contributed by atoms with Gasteiger partial charge in [0.2, 0.25) is 5.91 Å². The molecule has 0 radical (unpaired) electrons. The van der Waals surface area contributed by atoms with Crippen molar-refractivity contribution in [2.45, 2.75) is 24.4 Å². The van der Waals surface area contributed by atoms with E-state index in [1.165, 1.54) is 12.0 Å². The summed E-state index contributed by atoms with van der Waals surface area (Å²) in [5, 5.41) is 2.17. The van der Waals surface area contributed by atoms with Crippen LogP contribution in [0.5, 0.6) is 0 Å². The summed E-state index contributed by atoms with van der Waals surface area (Å²) in [7, 11) is 3.06.